The number of nitrogens with zero attached hydrogens (tertiary/aromatic N) is 1. The van der Waals surface area contributed by atoms with E-state index in [2.05, 4.69) is 5.32 Å². The highest BCUT2D eigenvalue weighted by Crippen LogP contribution is 2.27. The number of alkyl halides is 1. The Morgan fingerprint density at radius 1 is 1.22 bits per heavy atom. The van der Waals surface area contributed by atoms with Gasteiger partial charge in [0.15, 0.2) is 0 Å². The second-order valence-corrected chi connectivity index (χ2v) is 11.0. The molecule has 8 atom stereocenters. The predicted molar refractivity (Wildman–Crippen MR) is 134 cm³/mol. The van der Waals surface area contributed by atoms with Crippen LogP contribution in [0.25, 0.3) is 0 Å². The van der Waals surface area contributed by atoms with Crippen LogP contribution in [-0.4, -0.2) is 105 Å². The standard InChI is InChI=1S/C26H45FN2O8/c1-6-18-20(31)21(32)22(33)23(36-18)19(15(2)30)28-24(34)17-11-10-16(9-7-8-13-27)12-14-29(17)25(35)37-26(3,4)5/h10,15,17-23,30-33H,6-9,11-14H2,1-5H3,(H,28,34)/t15-,17+,18?,19-,20+,21?,22+,23-/m1/s1. The van der Waals surface area contributed by atoms with Gasteiger partial charge in [-0.05, 0) is 66.2 Å². The lowest BCUT2D eigenvalue weighted by Crippen LogP contribution is -2.66. The number of unbranched alkanes of at least 4 members (excludes halogenated alkanes) is 1. The topological polar surface area (TPSA) is 149 Å². The molecule has 2 rings (SSSR count). The highest BCUT2D eigenvalue weighted by Gasteiger charge is 2.48. The summed E-state index contributed by atoms with van der Waals surface area (Å²) in [6.45, 7) is 8.17. The van der Waals surface area contributed by atoms with Crippen molar-refractivity contribution in [3.63, 3.8) is 0 Å². The van der Waals surface area contributed by atoms with Crippen molar-refractivity contribution in [1.82, 2.24) is 10.2 Å². The maximum absolute atomic E-state index is 13.6. The second-order valence-electron chi connectivity index (χ2n) is 11.0. The van der Waals surface area contributed by atoms with Crippen LogP contribution in [0.3, 0.4) is 0 Å². The molecule has 2 aliphatic rings. The molecule has 37 heavy (non-hydrogen) atoms. The van der Waals surface area contributed by atoms with Crippen LogP contribution in [-0.2, 0) is 14.3 Å². The summed E-state index contributed by atoms with van der Waals surface area (Å²) in [7, 11) is 0. The van der Waals surface area contributed by atoms with Crippen LogP contribution in [0.2, 0.25) is 0 Å². The van der Waals surface area contributed by atoms with Crippen molar-refractivity contribution in [1.29, 1.82) is 0 Å². The summed E-state index contributed by atoms with van der Waals surface area (Å²) in [4.78, 5) is 28.0. The van der Waals surface area contributed by atoms with Gasteiger partial charge < -0.3 is 35.2 Å². The maximum Gasteiger partial charge on any atom is 0.410 e. The van der Waals surface area contributed by atoms with Gasteiger partial charge in [0, 0.05) is 6.54 Å². The van der Waals surface area contributed by atoms with Crippen LogP contribution in [0.4, 0.5) is 9.18 Å². The first-order chi connectivity index (χ1) is 17.3. The monoisotopic (exact) mass is 532 g/mol. The van der Waals surface area contributed by atoms with Crippen molar-refractivity contribution in [2.45, 2.75) is 127 Å². The predicted octanol–water partition coefficient (Wildman–Crippen LogP) is 1.58. The minimum absolute atomic E-state index is 0.190. The highest BCUT2D eigenvalue weighted by molar-refractivity contribution is 5.86. The van der Waals surface area contributed by atoms with E-state index in [0.717, 1.165) is 5.57 Å². The van der Waals surface area contributed by atoms with Gasteiger partial charge in [0.2, 0.25) is 5.91 Å². The number of aliphatic hydroxyl groups excluding tert-OH is 4. The molecular weight excluding hydrogens is 487 g/mol. The molecule has 0 aromatic carbocycles. The van der Waals surface area contributed by atoms with Gasteiger partial charge in [-0.1, -0.05) is 18.6 Å². The molecule has 214 valence electrons. The average molecular weight is 533 g/mol. The quantitative estimate of drug-likeness (QED) is 0.222. The van der Waals surface area contributed by atoms with Gasteiger partial charge in [0.25, 0.3) is 0 Å². The molecule has 1 saturated heterocycles. The molecule has 2 heterocycles. The molecule has 0 saturated carbocycles. The summed E-state index contributed by atoms with van der Waals surface area (Å²) >= 11 is 0. The summed E-state index contributed by atoms with van der Waals surface area (Å²) in [5.74, 6) is -0.581. The van der Waals surface area contributed by atoms with E-state index in [0.29, 0.717) is 32.1 Å². The number of aliphatic hydroxyl groups is 4. The lowest BCUT2D eigenvalue weighted by Gasteiger charge is -2.44. The van der Waals surface area contributed by atoms with Gasteiger partial charge >= 0.3 is 6.09 Å². The zero-order chi connectivity index (χ0) is 27.9. The van der Waals surface area contributed by atoms with E-state index >= 15 is 0 Å². The molecule has 0 spiro atoms. The van der Waals surface area contributed by atoms with Crippen LogP contribution in [0.1, 0.15) is 73.1 Å². The maximum atomic E-state index is 13.6. The summed E-state index contributed by atoms with van der Waals surface area (Å²) in [6.07, 6.45) is -3.52. The molecule has 5 N–H and O–H groups in total. The summed E-state index contributed by atoms with van der Waals surface area (Å²) in [5, 5.41) is 44.3. The van der Waals surface area contributed by atoms with Crippen molar-refractivity contribution in [3.8, 4) is 0 Å². The summed E-state index contributed by atoms with van der Waals surface area (Å²) in [6, 6.07) is -2.09. The smallest absolute Gasteiger partial charge is 0.410 e. The zero-order valence-electron chi connectivity index (χ0n) is 22.6. The molecule has 0 radical (unpaired) electrons. The van der Waals surface area contributed by atoms with Gasteiger partial charge in [-0.25, -0.2) is 4.79 Å². The molecule has 2 unspecified atom stereocenters. The number of hydrogen-bond acceptors (Lipinski definition) is 8. The Kier molecular flexibility index (Phi) is 11.8. The molecule has 0 bridgehead atoms. The summed E-state index contributed by atoms with van der Waals surface area (Å²) in [5.41, 5.74) is 0.245. The highest BCUT2D eigenvalue weighted by atomic mass is 19.1. The Hall–Kier alpha value is -1.79. The summed E-state index contributed by atoms with van der Waals surface area (Å²) < 4.78 is 23.9. The van der Waals surface area contributed by atoms with E-state index < -0.39 is 73.0 Å². The molecule has 0 aromatic rings. The number of nitrogens with one attached hydrogen (secondary N) is 1. The number of hydrogen-bond donors (Lipinski definition) is 5. The number of carbonyl (C=O) groups is 2. The van der Waals surface area contributed by atoms with Gasteiger partial charge in [0.1, 0.15) is 36.1 Å². The fraction of sp³-hybridized carbons (Fsp3) is 0.846. The lowest BCUT2D eigenvalue weighted by atomic mass is 9.88. The molecule has 0 aliphatic carbocycles. The van der Waals surface area contributed by atoms with Crippen LogP contribution in [0.5, 0.6) is 0 Å². The third kappa shape index (κ3) is 8.61. The Bertz CT molecular complexity index is 785. The van der Waals surface area contributed by atoms with E-state index in [1.807, 2.05) is 6.08 Å². The first-order valence-corrected chi connectivity index (χ1v) is 13.2. The Labute approximate surface area is 218 Å². The zero-order valence-corrected chi connectivity index (χ0v) is 22.6. The van der Waals surface area contributed by atoms with Gasteiger partial charge in [-0.2, -0.15) is 0 Å². The normalized spacial score (nSPS) is 30.6. The van der Waals surface area contributed by atoms with Crippen molar-refractivity contribution < 1.29 is 43.9 Å². The Balaban J connectivity index is 2.28. The van der Waals surface area contributed by atoms with Crippen molar-refractivity contribution >= 4 is 12.0 Å². The minimum atomic E-state index is -1.56. The van der Waals surface area contributed by atoms with E-state index in [4.69, 9.17) is 9.47 Å². The second kappa shape index (κ2) is 13.8. The number of ether oxygens (including phenoxy) is 2. The van der Waals surface area contributed by atoms with Crippen LogP contribution >= 0.6 is 0 Å². The fourth-order valence-electron chi connectivity index (χ4n) is 4.74. The first kappa shape index (κ1) is 31.4. The fourth-order valence-corrected chi connectivity index (χ4v) is 4.74. The molecule has 0 aromatic heterocycles. The van der Waals surface area contributed by atoms with Crippen molar-refractivity contribution in [3.05, 3.63) is 11.6 Å². The largest absolute Gasteiger partial charge is 0.444 e. The number of carbonyl (C=O) groups excluding carboxylic acids is 2. The van der Waals surface area contributed by atoms with Crippen molar-refractivity contribution in [2.75, 3.05) is 13.2 Å². The third-order valence-corrected chi connectivity index (χ3v) is 6.83. The minimum Gasteiger partial charge on any atom is -0.444 e. The van der Waals surface area contributed by atoms with E-state index in [1.165, 1.54) is 11.8 Å². The van der Waals surface area contributed by atoms with Gasteiger partial charge in [-0.3, -0.25) is 14.1 Å². The Morgan fingerprint density at radius 2 is 1.89 bits per heavy atom. The number of amides is 2. The van der Waals surface area contributed by atoms with E-state index in [1.54, 1.807) is 27.7 Å². The SMILES string of the molecule is CCC1O[C@H]([C@H](NC(=O)[C@@H]2CC=C(CCCCF)CCN2C(=O)OC(C)(C)C)[C@@H](C)O)[C@@H](O)C(O)[C@H]1O. The molecular formula is C26H45FN2O8. The number of rotatable bonds is 9. The van der Waals surface area contributed by atoms with Gasteiger partial charge in [-0.15, -0.1) is 0 Å². The molecule has 1 fully saturated rings. The van der Waals surface area contributed by atoms with Crippen LogP contribution < -0.4 is 5.32 Å². The van der Waals surface area contributed by atoms with Crippen LogP contribution in [0, 0.1) is 0 Å². The average Bonchev–Trinajstić information content (AvgIpc) is 3.03. The van der Waals surface area contributed by atoms with Crippen molar-refractivity contribution in [2.24, 2.45) is 0 Å². The Morgan fingerprint density at radius 3 is 2.46 bits per heavy atom. The van der Waals surface area contributed by atoms with E-state index in [9.17, 15) is 34.4 Å². The molecule has 2 aliphatic heterocycles. The third-order valence-electron chi connectivity index (χ3n) is 6.83. The molecule has 2 amide bonds. The lowest BCUT2D eigenvalue weighted by molar-refractivity contribution is -0.234. The van der Waals surface area contributed by atoms with Crippen LogP contribution in [0.15, 0.2) is 11.6 Å². The molecule has 10 nitrogen and oxygen atoms in total. The molecule has 11 heteroatoms. The van der Waals surface area contributed by atoms with Gasteiger partial charge in [0.05, 0.1) is 24.9 Å². The first-order valence-electron chi connectivity index (χ1n) is 13.2. The number of halogens is 1. The van der Waals surface area contributed by atoms with E-state index in [-0.39, 0.29) is 13.0 Å².